The maximum atomic E-state index is 13.3. The maximum Gasteiger partial charge on any atom is 0.229 e. The van der Waals surface area contributed by atoms with Gasteiger partial charge in [-0.1, -0.05) is 26.2 Å². The van der Waals surface area contributed by atoms with Crippen LogP contribution in [0.1, 0.15) is 76.1 Å². The summed E-state index contributed by atoms with van der Waals surface area (Å²) in [4.78, 5) is 26.6. The summed E-state index contributed by atoms with van der Waals surface area (Å²) in [7, 11) is 0. The lowest BCUT2D eigenvalue weighted by Gasteiger charge is -2.26. The summed E-state index contributed by atoms with van der Waals surface area (Å²) < 4.78 is 11.1. The molecule has 1 heterocycles. The van der Waals surface area contributed by atoms with Gasteiger partial charge in [0.25, 0.3) is 0 Å². The van der Waals surface area contributed by atoms with Crippen LogP contribution in [0.3, 0.4) is 0 Å². The fourth-order valence-corrected chi connectivity index (χ4v) is 4.84. The monoisotopic (exact) mass is 534 g/mol. The molecule has 1 aliphatic carbocycles. The Morgan fingerprint density at radius 2 is 1.63 bits per heavy atom. The number of hydrogen-bond acceptors (Lipinski definition) is 12. The SMILES string of the molecule is CCCCC[C@H](O)c1c(O[C@@H]2O[C@@H]([C@H](O)CO)[C@H](O)[C@H]2O)cc2c(c1O)C(=O)c1c(O)cc(O)cc1C2=O. The van der Waals surface area contributed by atoms with Crippen LogP contribution in [0.15, 0.2) is 18.2 Å². The van der Waals surface area contributed by atoms with E-state index in [0.29, 0.717) is 6.42 Å². The second-order valence-corrected chi connectivity index (χ2v) is 9.43. The van der Waals surface area contributed by atoms with Gasteiger partial charge in [0.05, 0.1) is 29.4 Å². The highest BCUT2D eigenvalue weighted by Gasteiger charge is 2.48. The highest BCUT2D eigenvalue weighted by atomic mass is 16.7. The number of unbranched alkanes of at least 4 members (excludes halogenated alkanes) is 2. The van der Waals surface area contributed by atoms with E-state index in [1.165, 1.54) is 0 Å². The lowest BCUT2D eigenvalue weighted by atomic mass is 9.81. The summed E-state index contributed by atoms with van der Waals surface area (Å²) in [6, 6.07) is 2.94. The molecule has 0 unspecified atom stereocenters. The fourth-order valence-electron chi connectivity index (χ4n) is 4.84. The molecule has 2 aliphatic rings. The predicted octanol–water partition coefficient (Wildman–Crippen LogP) is 0.371. The zero-order chi connectivity index (χ0) is 27.9. The number of phenolic OH excluding ortho intramolecular Hbond substituents is 3. The predicted molar refractivity (Wildman–Crippen MR) is 128 cm³/mol. The van der Waals surface area contributed by atoms with Gasteiger partial charge in [-0.2, -0.15) is 0 Å². The van der Waals surface area contributed by atoms with Crippen molar-refractivity contribution in [2.45, 2.75) is 69.4 Å². The van der Waals surface area contributed by atoms with Crippen molar-refractivity contribution in [1.29, 1.82) is 0 Å². The van der Waals surface area contributed by atoms with Gasteiger partial charge in [0.1, 0.15) is 47.4 Å². The Bertz CT molecular complexity index is 1240. The number of phenols is 3. The third kappa shape index (κ3) is 4.70. The lowest BCUT2D eigenvalue weighted by Crippen LogP contribution is -2.40. The standard InChI is InChI=1S/C26H30O12/c1-2-3-4-5-13(29)19-16(37-26-24(36)23(35)25(38-26)15(31)9-27)8-12-18(22(19)34)21(33)17-11(20(12)32)6-10(28)7-14(17)30/h6-8,13,15,23-31,34-36H,2-5,9H2,1H3/t13-,15+,23+,24+,25-,26+/m0/s1. The number of rotatable bonds is 9. The van der Waals surface area contributed by atoms with Crippen LogP contribution < -0.4 is 4.74 Å². The first-order valence-electron chi connectivity index (χ1n) is 12.2. The van der Waals surface area contributed by atoms with Gasteiger partial charge >= 0.3 is 0 Å². The molecule has 12 nitrogen and oxygen atoms in total. The molecule has 8 N–H and O–H groups in total. The van der Waals surface area contributed by atoms with Gasteiger partial charge in [-0.05, 0) is 18.6 Å². The first kappa shape index (κ1) is 27.8. The van der Waals surface area contributed by atoms with Crippen LogP contribution in [-0.4, -0.2) is 89.7 Å². The summed E-state index contributed by atoms with van der Waals surface area (Å²) >= 11 is 0. The first-order valence-corrected chi connectivity index (χ1v) is 12.2. The van der Waals surface area contributed by atoms with Crippen LogP contribution >= 0.6 is 0 Å². The molecule has 1 aliphatic heterocycles. The van der Waals surface area contributed by atoms with Crippen molar-refractivity contribution >= 4 is 11.6 Å². The topological polar surface area (TPSA) is 214 Å². The molecule has 0 bridgehead atoms. The molecule has 2 aromatic carbocycles. The number of ether oxygens (including phenoxy) is 2. The smallest absolute Gasteiger partial charge is 0.229 e. The molecule has 0 radical (unpaired) electrons. The number of benzene rings is 2. The number of fused-ring (bicyclic) bond motifs is 2. The molecule has 1 fully saturated rings. The zero-order valence-corrected chi connectivity index (χ0v) is 20.4. The van der Waals surface area contributed by atoms with Crippen molar-refractivity contribution in [3.05, 3.63) is 46.0 Å². The molecule has 0 aromatic heterocycles. The molecule has 2 aromatic rings. The largest absolute Gasteiger partial charge is 0.508 e. The van der Waals surface area contributed by atoms with Gasteiger partial charge in [0.2, 0.25) is 12.1 Å². The van der Waals surface area contributed by atoms with Crippen molar-refractivity contribution in [3.8, 4) is 23.0 Å². The van der Waals surface area contributed by atoms with Crippen molar-refractivity contribution in [1.82, 2.24) is 0 Å². The lowest BCUT2D eigenvalue weighted by molar-refractivity contribution is -0.137. The molecule has 6 atom stereocenters. The molecule has 0 spiro atoms. The summed E-state index contributed by atoms with van der Waals surface area (Å²) in [5.74, 6) is -4.02. The maximum absolute atomic E-state index is 13.3. The van der Waals surface area contributed by atoms with Crippen LogP contribution in [-0.2, 0) is 4.74 Å². The highest BCUT2D eigenvalue weighted by Crippen LogP contribution is 2.46. The summed E-state index contributed by atoms with van der Waals surface area (Å²) in [6.07, 6.45) is -7.15. The Hall–Kier alpha value is -3.26. The second-order valence-electron chi connectivity index (χ2n) is 9.43. The number of aliphatic hydroxyl groups is 5. The highest BCUT2D eigenvalue weighted by molar-refractivity contribution is 6.30. The third-order valence-electron chi connectivity index (χ3n) is 6.83. The van der Waals surface area contributed by atoms with Gasteiger partial charge in [0.15, 0.2) is 5.78 Å². The van der Waals surface area contributed by atoms with Crippen LogP contribution in [0.25, 0.3) is 0 Å². The number of ketones is 2. The van der Waals surface area contributed by atoms with Crippen molar-refractivity contribution in [3.63, 3.8) is 0 Å². The molecule has 4 rings (SSSR count). The second kappa shape index (κ2) is 10.8. The molecule has 38 heavy (non-hydrogen) atoms. The minimum atomic E-state index is -1.73. The molecule has 0 amide bonds. The van der Waals surface area contributed by atoms with E-state index in [1.54, 1.807) is 0 Å². The Balaban J connectivity index is 1.82. The van der Waals surface area contributed by atoms with E-state index < -0.39 is 83.4 Å². The van der Waals surface area contributed by atoms with E-state index in [4.69, 9.17) is 9.47 Å². The third-order valence-corrected chi connectivity index (χ3v) is 6.83. The molecule has 1 saturated heterocycles. The summed E-state index contributed by atoms with van der Waals surface area (Å²) in [5, 5.41) is 82.1. The number of carbonyl (C=O) groups excluding carboxylic acids is 2. The first-order chi connectivity index (χ1) is 18.0. The molecule has 0 saturated carbocycles. The average Bonchev–Trinajstić information content (AvgIpc) is 3.14. The zero-order valence-electron chi connectivity index (χ0n) is 20.4. The molecular weight excluding hydrogens is 504 g/mol. The van der Waals surface area contributed by atoms with E-state index in [9.17, 15) is 50.4 Å². The normalized spacial score (nSPS) is 24.2. The van der Waals surface area contributed by atoms with Crippen LogP contribution in [0.5, 0.6) is 23.0 Å². The molecular formula is C26H30O12. The van der Waals surface area contributed by atoms with Crippen molar-refractivity contribution in [2.75, 3.05) is 6.61 Å². The molecule has 206 valence electrons. The van der Waals surface area contributed by atoms with Crippen molar-refractivity contribution in [2.24, 2.45) is 0 Å². The molecule has 12 heteroatoms. The fraction of sp³-hybridized carbons (Fsp3) is 0.462. The van der Waals surface area contributed by atoms with Crippen LogP contribution in [0.2, 0.25) is 0 Å². The number of carbonyl (C=O) groups is 2. The summed E-state index contributed by atoms with van der Waals surface area (Å²) in [5.41, 5.74) is -1.86. The van der Waals surface area contributed by atoms with E-state index in [1.807, 2.05) is 6.92 Å². The minimum absolute atomic E-state index is 0.136. The average molecular weight is 535 g/mol. The van der Waals surface area contributed by atoms with E-state index >= 15 is 0 Å². The number of hydrogen-bond donors (Lipinski definition) is 8. The van der Waals surface area contributed by atoms with Crippen LogP contribution in [0, 0.1) is 0 Å². The summed E-state index contributed by atoms with van der Waals surface area (Å²) in [6.45, 7) is 1.17. The number of aliphatic hydroxyl groups excluding tert-OH is 5. The minimum Gasteiger partial charge on any atom is -0.508 e. The van der Waals surface area contributed by atoms with Gasteiger partial charge in [0, 0.05) is 17.2 Å². The Morgan fingerprint density at radius 1 is 0.947 bits per heavy atom. The van der Waals surface area contributed by atoms with Gasteiger partial charge in [-0.15, -0.1) is 0 Å². The van der Waals surface area contributed by atoms with Gasteiger partial charge in [-0.3, -0.25) is 9.59 Å². The van der Waals surface area contributed by atoms with Gasteiger partial charge < -0.3 is 50.3 Å². The van der Waals surface area contributed by atoms with E-state index in [-0.39, 0.29) is 28.9 Å². The van der Waals surface area contributed by atoms with E-state index in [2.05, 4.69) is 0 Å². The number of aromatic hydroxyl groups is 3. The van der Waals surface area contributed by atoms with Crippen LogP contribution in [0.4, 0.5) is 0 Å². The Morgan fingerprint density at radius 3 is 2.29 bits per heavy atom. The van der Waals surface area contributed by atoms with Crippen molar-refractivity contribution < 1.29 is 59.9 Å². The van der Waals surface area contributed by atoms with Gasteiger partial charge in [-0.25, -0.2) is 0 Å². The van der Waals surface area contributed by atoms with E-state index in [0.717, 1.165) is 31.0 Å². The Labute approximate surface area is 216 Å². The Kier molecular flexibility index (Phi) is 7.93. The quantitative estimate of drug-likeness (QED) is 0.175.